The molecule has 13 heteroatoms. The van der Waals surface area contributed by atoms with Gasteiger partial charge in [-0.25, -0.2) is 4.98 Å². The van der Waals surface area contributed by atoms with E-state index in [2.05, 4.69) is 20.3 Å². The predicted octanol–water partition coefficient (Wildman–Crippen LogP) is -0.277. The summed E-state index contributed by atoms with van der Waals surface area (Å²) in [5, 5.41) is 41.6. The van der Waals surface area contributed by atoms with Gasteiger partial charge in [0.2, 0.25) is 5.95 Å². The smallest absolute Gasteiger partial charge is 0.307 e. The van der Waals surface area contributed by atoms with Crippen LogP contribution in [0.25, 0.3) is 11.2 Å². The van der Waals surface area contributed by atoms with Gasteiger partial charge in [0.25, 0.3) is 0 Å². The van der Waals surface area contributed by atoms with Crippen LogP contribution in [-0.2, 0) is 22.4 Å². The summed E-state index contributed by atoms with van der Waals surface area (Å²) in [5.74, 6) is -0.479. The number of nitrogens with two attached hydrogens (primary N) is 1. The van der Waals surface area contributed by atoms with Gasteiger partial charge >= 0.3 is 5.97 Å². The highest BCUT2D eigenvalue weighted by Crippen LogP contribution is 2.32. The van der Waals surface area contributed by atoms with Crippen molar-refractivity contribution in [3.63, 3.8) is 0 Å². The molecule has 1 fully saturated rings. The van der Waals surface area contributed by atoms with Gasteiger partial charge < -0.3 is 36.2 Å². The highest BCUT2D eigenvalue weighted by molar-refractivity contribution is 5.85. The number of carboxylic acid groups (broad SMARTS) is 1. The molecule has 7 N–H and O–H groups in total. The van der Waals surface area contributed by atoms with Gasteiger partial charge in [0.1, 0.15) is 23.8 Å². The number of hydrogen-bond donors (Lipinski definition) is 6. The Labute approximate surface area is 194 Å². The number of benzene rings is 1. The van der Waals surface area contributed by atoms with E-state index in [1.54, 1.807) is 12.1 Å². The number of aliphatic carboxylic acids is 1. The number of hydrogen-bond acceptors (Lipinski definition) is 10. The quantitative estimate of drug-likeness (QED) is 0.249. The summed E-state index contributed by atoms with van der Waals surface area (Å²) in [5.41, 5.74) is 8.39. The number of aliphatic hydroxyl groups excluding tert-OH is 3. The number of nitrogens with zero attached hydrogens (tertiary/aromatic N) is 4. The van der Waals surface area contributed by atoms with Crippen molar-refractivity contribution in [3.05, 3.63) is 41.7 Å². The summed E-state index contributed by atoms with van der Waals surface area (Å²) in [6.45, 7) is 0.0494. The Kier molecular flexibility index (Phi) is 7.66. The number of aliphatic hydroxyl groups is 3. The average molecular weight is 481 g/mol. The van der Waals surface area contributed by atoms with Crippen molar-refractivity contribution in [2.24, 2.45) is 0 Å². The fraction of sp³-hybridized carbons (Fsp3) is 0.400. The van der Waals surface area contributed by atoms with E-state index in [1.807, 2.05) is 12.1 Å². The van der Waals surface area contributed by atoms with Crippen molar-refractivity contribution in [1.82, 2.24) is 19.5 Å². The highest BCUT2D eigenvalue weighted by Gasteiger charge is 2.44. The minimum Gasteiger partial charge on any atom is -0.481 e. The van der Waals surface area contributed by atoms with Gasteiger partial charge in [0.15, 0.2) is 17.7 Å². The lowest BCUT2D eigenvalue weighted by Gasteiger charge is -2.16. The number of halogens is 1. The summed E-state index contributed by atoms with van der Waals surface area (Å²) in [7, 11) is 0. The minimum atomic E-state index is -1.28. The number of nitrogens with one attached hydrogen (secondary N) is 1. The Bertz CT molecular complexity index is 1110. The molecular formula is C20H25ClN6O6. The summed E-state index contributed by atoms with van der Waals surface area (Å²) >= 11 is 0. The minimum absolute atomic E-state index is 0. The average Bonchev–Trinajstić information content (AvgIpc) is 3.30. The van der Waals surface area contributed by atoms with Gasteiger partial charge in [-0.15, -0.1) is 12.4 Å². The zero-order chi connectivity index (χ0) is 22.8. The highest BCUT2D eigenvalue weighted by atomic mass is 35.5. The Morgan fingerprint density at radius 1 is 1.15 bits per heavy atom. The van der Waals surface area contributed by atoms with E-state index in [4.69, 9.17) is 15.6 Å². The summed E-state index contributed by atoms with van der Waals surface area (Å²) in [6.07, 6.45) is -2.43. The van der Waals surface area contributed by atoms with Crippen molar-refractivity contribution < 1.29 is 30.0 Å². The van der Waals surface area contributed by atoms with Crippen molar-refractivity contribution in [2.45, 2.75) is 37.4 Å². The van der Waals surface area contributed by atoms with Crippen LogP contribution in [-0.4, -0.2) is 77.4 Å². The Hall–Kier alpha value is -3.03. The zero-order valence-corrected chi connectivity index (χ0v) is 18.2. The van der Waals surface area contributed by atoms with Crippen LogP contribution in [0.2, 0.25) is 0 Å². The maximum atomic E-state index is 10.8. The van der Waals surface area contributed by atoms with E-state index >= 15 is 0 Å². The van der Waals surface area contributed by atoms with Crippen LogP contribution in [0, 0.1) is 0 Å². The third-order valence-electron chi connectivity index (χ3n) is 5.31. The second kappa shape index (κ2) is 10.3. The predicted molar refractivity (Wildman–Crippen MR) is 120 cm³/mol. The van der Waals surface area contributed by atoms with Crippen LogP contribution in [0.15, 0.2) is 30.6 Å². The largest absolute Gasteiger partial charge is 0.481 e. The van der Waals surface area contributed by atoms with Crippen LogP contribution >= 0.6 is 12.4 Å². The third-order valence-corrected chi connectivity index (χ3v) is 5.31. The van der Waals surface area contributed by atoms with Crippen LogP contribution in [0.1, 0.15) is 17.4 Å². The van der Waals surface area contributed by atoms with Crippen LogP contribution in [0.4, 0.5) is 11.8 Å². The maximum absolute atomic E-state index is 10.8. The first-order valence-corrected chi connectivity index (χ1v) is 10.0. The Morgan fingerprint density at radius 2 is 1.85 bits per heavy atom. The molecule has 1 aliphatic rings. The van der Waals surface area contributed by atoms with Crippen molar-refractivity contribution >= 4 is 41.3 Å². The fourth-order valence-corrected chi connectivity index (χ4v) is 3.63. The van der Waals surface area contributed by atoms with Gasteiger partial charge in [-0.1, -0.05) is 24.3 Å². The standard InChI is InChI=1S/C20H24N6O6.ClH/c21-17-14-18(26(9-23-14)19-16(31)15(30)12(8-27)32-19)25-20(24-17)22-6-5-10-1-3-11(4-2-10)7-13(28)29;/h1-4,9,12,15-16,19,27,30-31H,5-8H2,(H,28,29)(H3,21,22,24,25);1H/t12-,15?,16?,19-;/m1./s1. The molecule has 4 rings (SSSR count). The second-order valence-electron chi connectivity index (χ2n) is 7.55. The SMILES string of the molecule is Cl.Nc1nc(NCCc2ccc(CC(=O)O)cc2)nc2c1ncn2[C@@H]1O[C@H](CO)C(O)C1O. The number of rotatable bonds is 8. The Morgan fingerprint density at radius 3 is 2.48 bits per heavy atom. The summed E-state index contributed by atoms with van der Waals surface area (Å²) in [6, 6.07) is 7.30. The molecule has 0 spiro atoms. The van der Waals surface area contributed by atoms with E-state index in [9.17, 15) is 20.1 Å². The van der Waals surface area contributed by atoms with E-state index in [1.165, 1.54) is 10.9 Å². The summed E-state index contributed by atoms with van der Waals surface area (Å²) in [4.78, 5) is 23.6. The van der Waals surface area contributed by atoms with E-state index in [-0.39, 0.29) is 30.6 Å². The Balaban J connectivity index is 0.00000306. The number of fused-ring (bicyclic) bond motifs is 1. The number of carbonyl (C=O) groups is 1. The molecule has 0 aliphatic carbocycles. The lowest BCUT2D eigenvalue weighted by atomic mass is 10.1. The molecule has 1 saturated heterocycles. The first-order chi connectivity index (χ1) is 15.4. The van der Waals surface area contributed by atoms with E-state index < -0.39 is 37.1 Å². The van der Waals surface area contributed by atoms with Gasteiger partial charge in [-0.3, -0.25) is 9.36 Å². The van der Waals surface area contributed by atoms with E-state index in [0.717, 1.165) is 11.1 Å². The molecule has 0 saturated carbocycles. The maximum Gasteiger partial charge on any atom is 0.307 e. The van der Waals surface area contributed by atoms with E-state index in [0.29, 0.717) is 24.1 Å². The number of aromatic nitrogens is 4. The molecule has 0 bridgehead atoms. The van der Waals surface area contributed by atoms with Crippen molar-refractivity contribution in [2.75, 3.05) is 24.2 Å². The number of imidazole rings is 1. The van der Waals surface area contributed by atoms with Crippen molar-refractivity contribution in [3.8, 4) is 0 Å². The monoisotopic (exact) mass is 480 g/mol. The first kappa shape index (κ1) is 24.6. The molecule has 12 nitrogen and oxygen atoms in total. The van der Waals surface area contributed by atoms with Crippen LogP contribution in [0.5, 0.6) is 0 Å². The second-order valence-corrected chi connectivity index (χ2v) is 7.55. The molecule has 1 aliphatic heterocycles. The molecule has 4 atom stereocenters. The third kappa shape index (κ3) is 5.15. The lowest BCUT2D eigenvalue weighted by Crippen LogP contribution is -2.33. The van der Waals surface area contributed by atoms with Gasteiger partial charge in [0, 0.05) is 6.54 Å². The number of carboxylic acids is 1. The molecule has 178 valence electrons. The molecular weight excluding hydrogens is 456 g/mol. The molecule has 0 amide bonds. The molecule has 33 heavy (non-hydrogen) atoms. The molecule has 3 aromatic rings. The topological polar surface area (TPSA) is 189 Å². The molecule has 3 heterocycles. The van der Waals surface area contributed by atoms with Gasteiger partial charge in [-0.2, -0.15) is 9.97 Å². The normalized spacial score (nSPS) is 22.3. The van der Waals surface area contributed by atoms with Gasteiger partial charge in [0.05, 0.1) is 19.4 Å². The summed E-state index contributed by atoms with van der Waals surface area (Å²) < 4.78 is 7.00. The molecule has 2 unspecified atom stereocenters. The first-order valence-electron chi connectivity index (χ1n) is 10.0. The molecule has 0 radical (unpaired) electrons. The van der Waals surface area contributed by atoms with Gasteiger partial charge in [-0.05, 0) is 17.5 Å². The van der Waals surface area contributed by atoms with Crippen LogP contribution < -0.4 is 11.1 Å². The number of nitrogen functional groups attached to an aromatic ring is 1. The van der Waals surface area contributed by atoms with Crippen molar-refractivity contribution in [1.29, 1.82) is 0 Å². The molecule has 2 aromatic heterocycles. The molecule has 1 aromatic carbocycles. The van der Waals surface area contributed by atoms with Crippen LogP contribution in [0.3, 0.4) is 0 Å². The zero-order valence-electron chi connectivity index (χ0n) is 17.4. The number of ether oxygens (including phenoxy) is 1. The lowest BCUT2D eigenvalue weighted by molar-refractivity contribution is -0.136. The fourth-order valence-electron chi connectivity index (χ4n) is 3.63. The number of anilines is 2.